The van der Waals surface area contributed by atoms with Gasteiger partial charge >= 0.3 is 0 Å². The van der Waals surface area contributed by atoms with Gasteiger partial charge in [-0.15, -0.1) is 0 Å². The zero-order valence-electron chi connectivity index (χ0n) is 23.8. The summed E-state index contributed by atoms with van der Waals surface area (Å²) in [7, 11) is 1.65. The number of carbonyl (C=O) groups excluding carboxylic acids is 1. The smallest absolute Gasteiger partial charge is 0.218 e. The van der Waals surface area contributed by atoms with Gasteiger partial charge in [0, 0.05) is 35.1 Å². The van der Waals surface area contributed by atoms with Gasteiger partial charge in [-0.25, -0.2) is 0 Å². The third-order valence-electron chi connectivity index (χ3n) is 6.94. The summed E-state index contributed by atoms with van der Waals surface area (Å²) in [5, 5.41) is 5.35. The molecule has 5 aromatic rings. The Hall–Kier alpha value is -4.85. The first-order valence-electron chi connectivity index (χ1n) is 13.6. The minimum Gasteiger partial charge on any atom is -0.496 e. The van der Waals surface area contributed by atoms with E-state index < -0.39 is 0 Å². The van der Waals surface area contributed by atoms with E-state index in [2.05, 4.69) is 22.0 Å². The predicted molar refractivity (Wildman–Crippen MR) is 159 cm³/mol. The van der Waals surface area contributed by atoms with Gasteiger partial charge in [-0.1, -0.05) is 36.8 Å². The zero-order chi connectivity index (χ0) is 29.1. The minimum atomic E-state index is -0.387. The molecule has 8 nitrogen and oxygen atoms in total. The molecule has 0 saturated heterocycles. The fraction of sp³-hybridized carbons (Fsp3) is 0.242. The van der Waals surface area contributed by atoms with E-state index in [1.54, 1.807) is 42.4 Å². The lowest BCUT2D eigenvalue weighted by molar-refractivity contribution is 0.0989. The van der Waals surface area contributed by atoms with Gasteiger partial charge in [0.15, 0.2) is 5.78 Å². The Morgan fingerprint density at radius 3 is 2.44 bits per heavy atom. The number of aromatic nitrogens is 4. The lowest BCUT2D eigenvalue weighted by atomic mass is 10.0. The Balaban J connectivity index is 1.39. The van der Waals surface area contributed by atoms with Crippen molar-refractivity contribution in [1.29, 1.82) is 0 Å². The molecule has 0 fully saturated rings. The van der Waals surface area contributed by atoms with Crippen LogP contribution in [0.3, 0.4) is 0 Å². The molecule has 0 aliphatic heterocycles. The Morgan fingerprint density at radius 1 is 1.00 bits per heavy atom. The molecule has 0 saturated carbocycles. The van der Waals surface area contributed by atoms with Gasteiger partial charge in [-0.05, 0) is 63.1 Å². The average Bonchev–Trinajstić information content (AvgIpc) is 2.98. The van der Waals surface area contributed by atoms with Gasteiger partial charge in [-0.3, -0.25) is 24.2 Å². The molecule has 0 bridgehead atoms. The number of methoxy groups -OCH3 is 1. The Morgan fingerprint density at radius 2 is 1.78 bits per heavy atom. The van der Waals surface area contributed by atoms with Crippen LogP contribution in [0, 0.1) is 6.92 Å². The second-order valence-corrected chi connectivity index (χ2v) is 10.2. The molecule has 8 heteroatoms. The summed E-state index contributed by atoms with van der Waals surface area (Å²) >= 11 is 0. The first kappa shape index (κ1) is 27.7. The van der Waals surface area contributed by atoms with Crippen LogP contribution in [0.1, 0.15) is 54.0 Å². The van der Waals surface area contributed by atoms with Gasteiger partial charge in [0.1, 0.15) is 22.9 Å². The van der Waals surface area contributed by atoms with Gasteiger partial charge in [0.2, 0.25) is 5.43 Å². The first-order chi connectivity index (χ1) is 19.8. The van der Waals surface area contributed by atoms with Gasteiger partial charge in [-0.2, -0.15) is 5.10 Å². The van der Waals surface area contributed by atoms with Crippen LogP contribution in [0.15, 0.2) is 78.0 Å². The molecule has 41 heavy (non-hydrogen) atoms. The van der Waals surface area contributed by atoms with Crippen LogP contribution in [0.4, 0.5) is 0 Å². The maximum absolute atomic E-state index is 13.4. The predicted octanol–water partition coefficient (Wildman–Crippen LogP) is 6.53. The topological polar surface area (TPSA) is 96.2 Å². The molecule has 0 aliphatic carbocycles. The third-order valence-corrected chi connectivity index (χ3v) is 6.94. The van der Waals surface area contributed by atoms with E-state index in [0.29, 0.717) is 22.8 Å². The normalized spacial score (nSPS) is 11.2. The van der Waals surface area contributed by atoms with E-state index in [9.17, 15) is 9.59 Å². The molecule has 208 valence electrons. The van der Waals surface area contributed by atoms with Crippen LogP contribution in [0.2, 0.25) is 0 Å². The van der Waals surface area contributed by atoms with Crippen molar-refractivity contribution in [3.8, 4) is 28.5 Å². The summed E-state index contributed by atoms with van der Waals surface area (Å²) in [4.78, 5) is 35.6. The highest BCUT2D eigenvalue weighted by Gasteiger charge is 2.19. The van der Waals surface area contributed by atoms with Gasteiger partial charge in [0.25, 0.3) is 0 Å². The number of fused-ring (bicyclic) bond motifs is 1. The third kappa shape index (κ3) is 5.87. The number of benzene rings is 2. The highest BCUT2D eigenvalue weighted by Crippen LogP contribution is 2.33. The maximum atomic E-state index is 13.4. The fourth-order valence-electron chi connectivity index (χ4n) is 4.58. The van der Waals surface area contributed by atoms with E-state index >= 15 is 0 Å². The highest BCUT2D eigenvalue weighted by atomic mass is 16.5. The van der Waals surface area contributed by atoms with Crippen LogP contribution in [0.25, 0.3) is 22.2 Å². The van der Waals surface area contributed by atoms with Crippen molar-refractivity contribution in [3.63, 3.8) is 0 Å². The number of aryl methyl sites for hydroxylation is 2. The first-order valence-corrected chi connectivity index (χ1v) is 13.6. The van der Waals surface area contributed by atoms with Crippen LogP contribution in [0.5, 0.6) is 17.2 Å². The number of ketones is 1. The summed E-state index contributed by atoms with van der Waals surface area (Å²) in [6.45, 7) is 7.95. The van der Waals surface area contributed by atoms with Crippen molar-refractivity contribution in [1.82, 2.24) is 19.7 Å². The van der Waals surface area contributed by atoms with Crippen LogP contribution in [-0.4, -0.2) is 32.6 Å². The largest absolute Gasteiger partial charge is 0.496 e. The number of rotatable bonds is 9. The standard InChI is InChI=1S/C33H32N4O4/c1-6-22-15-28-26(17-31(22)40-5)30(13-14-34-28)41-25-12-11-24(35-18-25)16-29(38)27-19-37(20(2)3)36-32(33(27)39)23-9-7-21(4)8-10-23/h7-15,17-20H,6,16H2,1-5H3. The van der Waals surface area contributed by atoms with E-state index in [0.717, 1.165) is 34.2 Å². The molecule has 5 rings (SSSR count). The summed E-state index contributed by atoms with van der Waals surface area (Å²) < 4.78 is 13.3. The van der Waals surface area contributed by atoms with Crippen LogP contribution in [-0.2, 0) is 12.8 Å². The molecule has 3 heterocycles. The fourth-order valence-corrected chi connectivity index (χ4v) is 4.58. The summed E-state index contributed by atoms with van der Waals surface area (Å²) in [6.07, 6.45) is 5.61. The molecule has 0 atom stereocenters. The number of pyridine rings is 2. The summed E-state index contributed by atoms with van der Waals surface area (Å²) in [5.74, 6) is 1.60. The van der Waals surface area contributed by atoms with Crippen molar-refractivity contribution < 1.29 is 14.3 Å². The monoisotopic (exact) mass is 548 g/mol. The Labute approximate surface area is 238 Å². The molecule has 0 amide bonds. The van der Waals surface area contributed by atoms with Gasteiger partial charge in [0.05, 0.1) is 30.8 Å². The molecular weight excluding hydrogens is 516 g/mol. The number of carbonyl (C=O) groups is 1. The van der Waals surface area contributed by atoms with Crippen molar-refractivity contribution in [3.05, 3.63) is 106 Å². The molecule has 0 radical (unpaired) electrons. The lowest BCUT2D eigenvalue weighted by Gasteiger charge is -2.14. The van der Waals surface area contributed by atoms with Crippen LogP contribution >= 0.6 is 0 Å². The van der Waals surface area contributed by atoms with E-state index in [4.69, 9.17) is 9.47 Å². The van der Waals surface area contributed by atoms with E-state index in [1.807, 2.05) is 57.2 Å². The summed E-state index contributed by atoms with van der Waals surface area (Å²) in [6, 6.07) is 16.7. The number of nitrogens with zero attached hydrogens (tertiary/aromatic N) is 4. The number of Topliss-reactive ketones (excluding diaryl/α,β-unsaturated/α-hetero) is 1. The minimum absolute atomic E-state index is 0.0276. The second-order valence-electron chi connectivity index (χ2n) is 10.2. The number of ether oxygens (including phenoxy) is 2. The van der Waals surface area contributed by atoms with E-state index in [1.165, 1.54) is 6.20 Å². The lowest BCUT2D eigenvalue weighted by Crippen LogP contribution is -2.24. The zero-order valence-corrected chi connectivity index (χ0v) is 23.8. The highest BCUT2D eigenvalue weighted by molar-refractivity contribution is 5.97. The SMILES string of the molecule is CCc1cc2nccc(Oc3ccc(CC(=O)c4cn(C(C)C)nc(-c5ccc(C)cc5)c4=O)nc3)c2cc1OC. The molecule has 0 spiro atoms. The Kier molecular flexibility index (Phi) is 7.92. The quantitative estimate of drug-likeness (QED) is 0.193. The maximum Gasteiger partial charge on any atom is 0.218 e. The number of hydrogen-bond acceptors (Lipinski definition) is 7. The molecule has 0 unspecified atom stereocenters. The molecular formula is C33H32N4O4. The molecule has 3 aromatic heterocycles. The molecule has 0 aliphatic rings. The second kappa shape index (κ2) is 11.7. The summed E-state index contributed by atoms with van der Waals surface area (Å²) in [5.41, 5.74) is 4.12. The van der Waals surface area contributed by atoms with Gasteiger partial charge < -0.3 is 9.47 Å². The van der Waals surface area contributed by atoms with Crippen molar-refractivity contribution >= 4 is 16.7 Å². The van der Waals surface area contributed by atoms with E-state index in [-0.39, 0.29) is 34.9 Å². The molecule has 0 N–H and O–H groups in total. The average molecular weight is 549 g/mol. The van der Waals surface area contributed by atoms with Crippen molar-refractivity contribution in [2.45, 2.75) is 46.6 Å². The van der Waals surface area contributed by atoms with Crippen molar-refractivity contribution in [2.75, 3.05) is 7.11 Å². The molecule has 2 aromatic carbocycles. The number of hydrogen-bond donors (Lipinski definition) is 0. The Bertz CT molecular complexity index is 1780. The van der Waals surface area contributed by atoms with Crippen molar-refractivity contribution in [2.24, 2.45) is 0 Å². The van der Waals surface area contributed by atoms with Crippen LogP contribution < -0.4 is 14.9 Å².